The second-order valence-corrected chi connectivity index (χ2v) is 8.62. The van der Waals surface area contributed by atoms with E-state index in [1.807, 2.05) is 0 Å². The topological polar surface area (TPSA) is 88.4 Å². The van der Waals surface area contributed by atoms with Crippen molar-refractivity contribution in [3.8, 4) is 0 Å². The fraction of sp³-hybridized carbons (Fsp3) is 0.500. The van der Waals surface area contributed by atoms with Crippen molar-refractivity contribution >= 4 is 11.9 Å². The predicted octanol–water partition coefficient (Wildman–Crippen LogP) is 4.64. The molecule has 1 aliphatic carbocycles. The van der Waals surface area contributed by atoms with Crippen LogP contribution in [0.15, 0.2) is 41.2 Å². The number of aryl methyl sites for hydroxylation is 1. The fourth-order valence-electron chi connectivity index (χ4n) is 4.44. The summed E-state index contributed by atoms with van der Waals surface area (Å²) >= 11 is 0. The van der Waals surface area contributed by atoms with E-state index >= 15 is 0 Å². The molecule has 6 nitrogen and oxygen atoms in total. The Morgan fingerprint density at radius 2 is 1.69 bits per heavy atom. The van der Waals surface area contributed by atoms with E-state index in [1.54, 1.807) is 41.0 Å². The van der Waals surface area contributed by atoms with Crippen LogP contribution in [-0.4, -0.2) is 21.6 Å². The standard InChI is InChI=1S/C26H34N2O4/c1-2-3-17-28-22-16-12-7-5-4-6-9-15-20(22)18-21(25(28)30)24(29)27-23(26(31)32)19-13-10-8-11-14-19/h8,10-11,13-14,18,23H,2-7,9,12,15-17H2,1H3,(H,27,29)(H,31,32)/t23-/m1/s1. The van der Waals surface area contributed by atoms with Gasteiger partial charge in [-0.3, -0.25) is 9.59 Å². The highest BCUT2D eigenvalue weighted by atomic mass is 16.4. The Kier molecular flexibility index (Phi) is 8.65. The smallest absolute Gasteiger partial charge is 0.330 e. The van der Waals surface area contributed by atoms with Crippen molar-refractivity contribution in [2.75, 3.05) is 0 Å². The van der Waals surface area contributed by atoms with Gasteiger partial charge in [0.05, 0.1) is 0 Å². The first-order valence-corrected chi connectivity index (χ1v) is 11.9. The molecule has 2 aromatic rings. The lowest BCUT2D eigenvalue weighted by Gasteiger charge is -2.21. The number of fused-ring (bicyclic) bond motifs is 1. The summed E-state index contributed by atoms with van der Waals surface area (Å²) in [4.78, 5) is 38.4. The molecule has 0 radical (unpaired) electrons. The van der Waals surface area contributed by atoms with E-state index in [-0.39, 0.29) is 11.1 Å². The summed E-state index contributed by atoms with van der Waals surface area (Å²) in [6.45, 7) is 2.66. The normalized spacial score (nSPS) is 15.4. The number of nitrogens with one attached hydrogen (secondary N) is 1. The van der Waals surface area contributed by atoms with Gasteiger partial charge in [-0.1, -0.05) is 69.4 Å². The van der Waals surface area contributed by atoms with Crippen LogP contribution in [0.1, 0.15) is 91.5 Å². The summed E-state index contributed by atoms with van der Waals surface area (Å²) in [5.41, 5.74) is 2.31. The Morgan fingerprint density at radius 1 is 1.03 bits per heavy atom. The molecule has 172 valence electrons. The summed E-state index contributed by atoms with van der Waals surface area (Å²) in [6.07, 6.45) is 10.3. The molecular formula is C26H34N2O4. The SMILES string of the molecule is CCCCn1c2c(cc(C(=O)N[C@@H](C(=O)O)c3ccccc3)c1=O)CCCCCCCC2. The maximum atomic E-state index is 13.4. The number of carboxylic acids is 1. The summed E-state index contributed by atoms with van der Waals surface area (Å²) in [7, 11) is 0. The highest BCUT2D eigenvalue weighted by Gasteiger charge is 2.25. The van der Waals surface area contributed by atoms with Crippen molar-refractivity contribution in [2.45, 2.75) is 83.7 Å². The summed E-state index contributed by atoms with van der Waals surface area (Å²) < 4.78 is 1.79. The molecule has 1 aromatic carbocycles. The monoisotopic (exact) mass is 438 g/mol. The number of carbonyl (C=O) groups excluding carboxylic acids is 1. The van der Waals surface area contributed by atoms with Crippen LogP contribution in [0.2, 0.25) is 0 Å². The van der Waals surface area contributed by atoms with Crippen LogP contribution >= 0.6 is 0 Å². The molecule has 1 aliphatic rings. The van der Waals surface area contributed by atoms with E-state index in [0.29, 0.717) is 12.1 Å². The van der Waals surface area contributed by atoms with Crippen molar-refractivity contribution < 1.29 is 14.7 Å². The van der Waals surface area contributed by atoms with Gasteiger partial charge in [-0.2, -0.15) is 0 Å². The number of carboxylic acid groups (broad SMARTS) is 1. The third kappa shape index (κ3) is 5.87. The molecule has 0 fully saturated rings. The van der Waals surface area contributed by atoms with Crippen molar-refractivity contribution in [2.24, 2.45) is 0 Å². The van der Waals surface area contributed by atoms with Crippen LogP contribution in [0.25, 0.3) is 0 Å². The number of aromatic nitrogens is 1. The molecule has 1 amide bonds. The lowest BCUT2D eigenvalue weighted by Crippen LogP contribution is -2.39. The highest BCUT2D eigenvalue weighted by Crippen LogP contribution is 2.21. The molecule has 0 bridgehead atoms. The number of rotatable bonds is 7. The zero-order chi connectivity index (χ0) is 22.9. The molecule has 0 unspecified atom stereocenters. The minimum absolute atomic E-state index is 0.0408. The molecule has 0 saturated heterocycles. The first kappa shape index (κ1) is 23.8. The lowest BCUT2D eigenvalue weighted by atomic mass is 9.96. The largest absolute Gasteiger partial charge is 0.479 e. The summed E-state index contributed by atoms with van der Waals surface area (Å²) in [5, 5.41) is 12.3. The number of unbranched alkanes of at least 4 members (excludes halogenated alkanes) is 1. The van der Waals surface area contributed by atoms with Crippen LogP contribution in [0.5, 0.6) is 0 Å². The molecule has 0 aliphatic heterocycles. The molecule has 1 aromatic heterocycles. The summed E-state index contributed by atoms with van der Waals surface area (Å²) in [6, 6.07) is 9.08. The van der Waals surface area contributed by atoms with Gasteiger partial charge in [-0.05, 0) is 49.3 Å². The quantitative estimate of drug-likeness (QED) is 0.659. The van der Waals surface area contributed by atoms with Crippen LogP contribution < -0.4 is 10.9 Å². The highest BCUT2D eigenvalue weighted by molar-refractivity contribution is 5.96. The van der Waals surface area contributed by atoms with Gasteiger partial charge in [0, 0.05) is 12.2 Å². The van der Waals surface area contributed by atoms with Gasteiger partial charge < -0.3 is 15.0 Å². The second-order valence-electron chi connectivity index (χ2n) is 8.62. The molecule has 3 rings (SSSR count). The average Bonchev–Trinajstić information content (AvgIpc) is 2.80. The van der Waals surface area contributed by atoms with E-state index in [4.69, 9.17) is 0 Å². The van der Waals surface area contributed by atoms with Gasteiger partial charge in [0.25, 0.3) is 11.5 Å². The molecule has 0 saturated carbocycles. The molecule has 32 heavy (non-hydrogen) atoms. The van der Waals surface area contributed by atoms with Gasteiger partial charge in [0.15, 0.2) is 6.04 Å². The van der Waals surface area contributed by atoms with E-state index in [2.05, 4.69) is 12.2 Å². The Morgan fingerprint density at radius 3 is 2.34 bits per heavy atom. The van der Waals surface area contributed by atoms with E-state index in [9.17, 15) is 19.5 Å². The van der Waals surface area contributed by atoms with Gasteiger partial charge in [-0.25, -0.2) is 4.79 Å². The number of hydrogen-bond acceptors (Lipinski definition) is 3. The van der Waals surface area contributed by atoms with Crippen molar-refractivity contribution in [3.63, 3.8) is 0 Å². The van der Waals surface area contributed by atoms with Gasteiger partial charge >= 0.3 is 5.97 Å². The van der Waals surface area contributed by atoms with Crippen molar-refractivity contribution in [1.82, 2.24) is 9.88 Å². The van der Waals surface area contributed by atoms with Gasteiger partial charge in [0.1, 0.15) is 5.56 Å². The molecular weight excluding hydrogens is 404 g/mol. The number of amides is 1. The van der Waals surface area contributed by atoms with Gasteiger partial charge in [-0.15, -0.1) is 0 Å². The number of aliphatic carboxylic acids is 1. The lowest BCUT2D eigenvalue weighted by molar-refractivity contribution is -0.139. The van der Waals surface area contributed by atoms with Crippen molar-refractivity contribution in [3.05, 3.63) is 69.1 Å². The Bertz CT molecular complexity index is 981. The minimum atomic E-state index is -1.21. The zero-order valence-corrected chi connectivity index (χ0v) is 18.9. The third-order valence-corrected chi connectivity index (χ3v) is 6.24. The van der Waals surface area contributed by atoms with Crippen LogP contribution in [0.4, 0.5) is 0 Å². The number of pyridine rings is 1. The average molecular weight is 439 g/mol. The maximum Gasteiger partial charge on any atom is 0.330 e. The fourth-order valence-corrected chi connectivity index (χ4v) is 4.44. The third-order valence-electron chi connectivity index (χ3n) is 6.24. The zero-order valence-electron chi connectivity index (χ0n) is 18.9. The number of hydrogen-bond donors (Lipinski definition) is 2. The molecule has 1 atom stereocenters. The summed E-state index contributed by atoms with van der Waals surface area (Å²) in [5.74, 6) is -1.79. The Labute approximate surface area is 189 Å². The molecule has 1 heterocycles. The van der Waals surface area contributed by atoms with Crippen LogP contribution in [0.3, 0.4) is 0 Å². The maximum absolute atomic E-state index is 13.4. The first-order chi connectivity index (χ1) is 15.5. The van der Waals surface area contributed by atoms with Crippen LogP contribution in [0, 0.1) is 0 Å². The second kappa shape index (κ2) is 11.7. The Hall–Kier alpha value is -2.89. The molecule has 0 spiro atoms. The molecule has 2 N–H and O–H groups in total. The number of benzene rings is 1. The van der Waals surface area contributed by atoms with E-state index in [1.165, 1.54) is 12.8 Å². The Balaban J connectivity index is 1.99. The predicted molar refractivity (Wildman–Crippen MR) is 125 cm³/mol. The molecule has 6 heteroatoms. The van der Waals surface area contributed by atoms with Gasteiger partial charge in [0.2, 0.25) is 0 Å². The van der Waals surface area contributed by atoms with Crippen molar-refractivity contribution in [1.29, 1.82) is 0 Å². The number of nitrogens with zero attached hydrogens (tertiary/aromatic N) is 1. The van der Waals surface area contributed by atoms with Crippen LogP contribution in [-0.2, 0) is 24.2 Å². The minimum Gasteiger partial charge on any atom is -0.479 e. The number of carbonyl (C=O) groups is 2. The van der Waals surface area contributed by atoms with E-state index in [0.717, 1.165) is 62.6 Å². The first-order valence-electron chi connectivity index (χ1n) is 11.9. The van der Waals surface area contributed by atoms with E-state index < -0.39 is 17.9 Å².